The normalized spacial score (nSPS) is 19.0. The molecule has 1 aromatic carbocycles. The van der Waals surface area contributed by atoms with Gasteiger partial charge in [-0.05, 0) is 29.8 Å². The molecule has 1 aliphatic heterocycles. The average molecular weight is 347 g/mol. The second-order valence-corrected chi connectivity index (χ2v) is 6.11. The van der Waals surface area contributed by atoms with E-state index in [1.165, 1.54) is 18.2 Å². The second-order valence-electron chi connectivity index (χ2n) is 6.11. The van der Waals surface area contributed by atoms with E-state index in [2.05, 4.69) is 0 Å². The SMILES string of the molecule is CCc1ccc(C2COCCN2C(=O)CC(O)c2cccc(F)c2)o1. The highest BCUT2D eigenvalue weighted by Gasteiger charge is 2.31. The number of furan rings is 1. The molecule has 0 bridgehead atoms. The van der Waals surface area contributed by atoms with Gasteiger partial charge in [0.15, 0.2) is 0 Å². The highest BCUT2D eigenvalue weighted by molar-refractivity contribution is 5.77. The number of carbonyl (C=O) groups excluding carboxylic acids is 1. The Morgan fingerprint density at radius 2 is 2.24 bits per heavy atom. The zero-order chi connectivity index (χ0) is 17.8. The van der Waals surface area contributed by atoms with Crippen molar-refractivity contribution in [2.75, 3.05) is 19.8 Å². The highest BCUT2D eigenvalue weighted by atomic mass is 19.1. The van der Waals surface area contributed by atoms with Gasteiger partial charge in [0.1, 0.15) is 23.4 Å². The van der Waals surface area contributed by atoms with Crippen molar-refractivity contribution < 1.29 is 23.4 Å². The minimum atomic E-state index is -1.05. The van der Waals surface area contributed by atoms with Gasteiger partial charge in [-0.15, -0.1) is 0 Å². The quantitative estimate of drug-likeness (QED) is 0.903. The average Bonchev–Trinajstić information content (AvgIpc) is 3.10. The number of halogens is 1. The van der Waals surface area contributed by atoms with E-state index in [-0.39, 0.29) is 18.4 Å². The van der Waals surface area contributed by atoms with Gasteiger partial charge in [-0.1, -0.05) is 19.1 Å². The minimum absolute atomic E-state index is 0.110. The molecule has 0 radical (unpaired) electrons. The molecule has 2 heterocycles. The maximum atomic E-state index is 13.3. The van der Waals surface area contributed by atoms with Crippen LogP contribution in [0.15, 0.2) is 40.8 Å². The van der Waals surface area contributed by atoms with E-state index in [9.17, 15) is 14.3 Å². The van der Waals surface area contributed by atoms with Crippen LogP contribution in [0.4, 0.5) is 4.39 Å². The Hall–Kier alpha value is -2.18. The number of ether oxygens (including phenoxy) is 1. The van der Waals surface area contributed by atoms with Crippen molar-refractivity contribution >= 4 is 5.91 Å². The third-order valence-electron chi connectivity index (χ3n) is 4.41. The predicted molar refractivity (Wildman–Crippen MR) is 89.3 cm³/mol. The first kappa shape index (κ1) is 17.6. The molecule has 1 aliphatic rings. The number of nitrogens with zero attached hydrogens (tertiary/aromatic N) is 1. The summed E-state index contributed by atoms with van der Waals surface area (Å²) < 4.78 is 24.6. The fourth-order valence-corrected chi connectivity index (χ4v) is 3.02. The van der Waals surface area contributed by atoms with Gasteiger partial charge in [0, 0.05) is 13.0 Å². The lowest BCUT2D eigenvalue weighted by atomic mass is 10.0. The number of aliphatic hydroxyl groups is 1. The maximum absolute atomic E-state index is 13.3. The largest absolute Gasteiger partial charge is 0.464 e. The molecule has 1 amide bonds. The van der Waals surface area contributed by atoms with Crippen molar-refractivity contribution in [3.8, 4) is 0 Å². The number of hydrogen-bond donors (Lipinski definition) is 1. The first-order valence-electron chi connectivity index (χ1n) is 8.48. The summed E-state index contributed by atoms with van der Waals surface area (Å²) in [5.74, 6) is 0.897. The molecule has 5 nitrogen and oxygen atoms in total. The molecule has 2 atom stereocenters. The van der Waals surface area contributed by atoms with Crippen molar-refractivity contribution in [3.05, 3.63) is 59.3 Å². The molecular formula is C19H22FNO4. The molecule has 3 rings (SSSR count). The van der Waals surface area contributed by atoms with Gasteiger partial charge in [0.05, 0.1) is 25.7 Å². The zero-order valence-electron chi connectivity index (χ0n) is 14.2. The van der Waals surface area contributed by atoms with Crippen LogP contribution >= 0.6 is 0 Å². The number of amides is 1. The summed E-state index contributed by atoms with van der Waals surface area (Å²) in [6.07, 6.45) is -0.379. The van der Waals surface area contributed by atoms with Crippen molar-refractivity contribution in [2.45, 2.75) is 31.9 Å². The van der Waals surface area contributed by atoms with Crippen LogP contribution in [0.1, 0.15) is 42.6 Å². The Labute approximate surface area is 146 Å². The van der Waals surface area contributed by atoms with Crippen LogP contribution in [0.25, 0.3) is 0 Å². The number of benzene rings is 1. The fourth-order valence-electron chi connectivity index (χ4n) is 3.02. The van der Waals surface area contributed by atoms with Crippen LogP contribution in [0.5, 0.6) is 0 Å². The summed E-state index contributed by atoms with van der Waals surface area (Å²) in [7, 11) is 0. The molecule has 0 saturated carbocycles. The lowest BCUT2D eigenvalue weighted by molar-refractivity contribution is -0.143. The van der Waals surface area contributed by atoms with Gasteiger partial charge in [-0.2, -0.15) is 0 Å². The lowest BCUT2D eigenvalue weighted by Crippen LogP contribution is -2.43. The van der Waals surface area contributed by atoms with Crippen LogP contribution in [-0.4, -0.2) is 35.7 Å². The van der Waals surface area contributed by atoms with Gasteiger partial charge in [0.2, 0.25) is 5.91 Å². The number of hydrogen-bond acceptors (Lipinski definition) is 4. The van der Waals surface area contributed by atoms with Crippen LogP contribution in [0.2, 0.25) is 0 Å². The first-order valence-corrected chi connectivity index (χ1v) is 8.48. The van der Waals surface area contributed by atoms with Gasteiger partial charge in [-0.3, -0.25) is 4.79 Å². The van der Waals surface area contributed by atoms with E-state index in [1.54, 1.807) is 11.0 Å². The standard InChI is InChI=1S/C19H22FNO4/c1-2-15-6-7-18(25-15)16-12-24-9-8-21(16)19(23)11-17(22)13-4-3-5-14(20)10-13/h3-7,10,16-17,22H,2,8-9,11-12H2,1H3. The van der Waals surface area contributed by atoms with Crippen molar-refractivity contribution in [1.29, 1.82) is 0 Å². The summed E-state index contributed by atoms with van der Waals surface area (Å²) in [5, 5.41) is 10.3. The Balaban J connectivity index is 1.72. The first-order chi connectivity index (χ1) is 12.1. The van der Waals surface area contributed by atoms with E-state index in [0.717, 1.165) is 12.2 Å². The highest BCUT2D eigenvalue weighted by Crippen LogP contribution is 2.28. The topological polar surface area (TPSA) is 62.9 Å². The molecule has 1 N–H and O–H groups in total. The van der Waals surface area contributed by atoms with E-state index in [4.69, 9.17) is 9.15 Å². The molecular weight excluding hydrogens is 325 g/mol. The predicted octanol–water partition coefficient (Wildman–Crippen LogP) is 3.00. The molecule has 0 spiro atoms. The molecule has 2 aromatic rings. The third-order valence-corrected chi connectivity index (χ3v) is 4.41. The molecule has 0 aliphatic carbocycles. The van der Waals surface area contributed by atoms with Crippen LogP contribution in [0.3, 0.4) is 0 Å². The van der Waals surface area contributed by atoms with E-state index in [0.29, 0.717) is 31.1 Å². The van der Waals surface area contributed by atoms with Crippen LogP contribution < -0.4 is 0 Å². The summed E-state index contributed by atoms with van der Waals surface area (Å²) in [5.41, 5.74) is 0.393. The fraction of sp³-hybridized carbons (Fsp3) is 0.421. The minimum Gasteiger partial charge on any atom is -0.464 e. The van der Waals surface area contributed by atoms with E-state index < -0.39 is 11.9 Å². The Bertz CT molecular complexity index is 730. The van der Waals surface area contributed by atoms with Gasteiger partial charge in [0.25, 0.3) is 0 Å². The van der Waals surface area contributed by atoms with Gasteiger partial charge in [-0.25, -0.2) is 4.39 Å². The molecule has 1 aromatic heterocycles. The second kappa shape index (κ2) is 7.80. The summed E-state index contributed by atoms with van der Waals surface area (Å²) in [6, 6.07) is 9.13. The molecule has 1 fully saturated rings. The molecule has 1 saturated heterocycles. The summed E-state index contributed by atoms with van der Waals surface area (Å²) >= 11 is 0. The molecule has 134 valence electrons. The molecule has 2 unspecified atom stereocenters. The molecule has 6 heteroatoms. The van der Waals surface area contributed by atoms with Crippen molar-refractivity contribution in [3.63, 3.8) is 0 Å². The van der Waals surface area contributed by atoms with E-state index >= 15 is 0 Å². The molecule has 25 heavy (non-hydrogen) atoms. The number of rotatable bonds is 5. The smallest absolute Gasteiger partial charge is 0.226 e. The maximum Gasteiger partial charge on any atom is 0.226 e. The summed E-state index contributed by atoms with van der Waals surface area (Å²) in [6.45, 7) is 3.23. The Kier molecular flexibility index (Phi) is 5.50. The van der Waals surface area contributed by atoms with Gasteiger partial charge < -0.3 is 19.2 Å². The van der Waals surface area contributed by atoms with Crippen molar-refractivity contribution in [1.82, 2.24) is 4.90 Å². The zero-order valence-corrected chi connectivity index (χ0v) is 14.2. The summed E-state index contributed by atoms with van der Waals surface area (Å²) in [4.78, 5) is 14.4. The monoisotopic (exact) mass is 347 g/mol. The number of carbonyl (C=O) groups is 1. The lowest BCUT2D eigenvalue weighted by Gasteiger charge is -2.35. The number of morpholine rings is 1. The Morgan fingerprint density at radius 3 is 2.96 bits per heavy atom. The van der Waals surface area contributed by atoms with E-state index in [1.807, 2.05) is 19.1 Å². The van der Waals surface area contributed by atoms with Crippen LogP contribution in [-0.2, 0) is 16.0 Å². The Morgan fingerprint density at radius 1 is 1.40 bits per heavy atom. The van der Waals surface area contributed by atoms with Gasteiger partial charge >= 0.3 is 0 Å². The third kappa shape index (κ3) is 4.08. The number of aliphatic hydroxyl groups excluding tert-OH is 1. The van der Waals surface area contributed by atoms with Crippen LogP contribution in [0, 0.1) is 5.82 Å². The number of aryl methyl sites for hydroxylation is 1. The van der Waals surface area contributed by atoms with Crippen molar-refractivity contribution in [2.24, 2.45) is 0 Å².